The highest BCUT2D eigenvalue weighted by atomic mass is 35.5. The predicted molar refractivity (Wildman–Crippen MR) is 251 cm³/mol. The lowest BCUT2D eigenvalue weighted by Gasteiger charge is -2.40. The molecule has 19 heteroatoms. The van der Waals surface area contributed by atoms with Crippen LogP contribution in [0.2, 0.25) is 5.02 Å². The first kappa shape index (κ1) is 48.7. The van der Waals surface area contributed by atoms with Crippen molar-refractivity contribution in [3.8, 4) is 11.8 Å². The van der Waals surface area contributed by atoms with Crippen LogP contribution in [-0.4, -0.2) is 141 Å². The number of ether oxygens (including phenoxy) is 1. The Morgan fingerprint density at radius 3 is 2.41 bits per heavy atom. The maximum Gasteiger partial charge on any atom is 0.258 e. The van der Waals surface area contributed by atoms with E-state index in [0.29, 0.717) is 64.3 Å². The third kappa shape index (κ3) is 11.8. The number of aliphatic hydroxyl groups excluding tert-OH is 1. The average molecular weight is 948 g/mol. The first-order chi connectivity index (χ1) is 31.6. The molecule has 2 aliphatic carbocycles. The number of alkyl halides is 1. The average Bonchev–Trinajstić information content (AvgIpc) is 3.97. The highest BCUT2D eigenvalue weighted by Gasteiger charge is 2.54. The van der Waals surface area contributed by atoms with Gasteiger partial charge in [-0.05, 0) is 106 Å². The Bertz CT molecular complexity index is 2280. The Morgan fingerprint density at radius 2 is 1.76 bits per heavy atom. The molecule has 2 aliphatic heterocycles. The van der Waals surface area contributed by atoms with Crippen LogP contribution in [0.1, 0.15) is 80.3 Å². The number of halogens is 2. The molecule has 4 fully saturated rings. The fourth-order valence-corrected chi connectivity index (χ4v) is 10.4. The summed E-state index contributed by atoms with van der Waals surface area (Å²) in [6.45, 7) is 7.59. The molecule has 0 radical (unpaired) electrons. The van der Waals surface area contributed by atoms with Gasteiger partial charge in [0.2, 0.25) is 17.8 Å². The molecule has 1 unspecified atom stereocenters. The summed E-state index contributed by atoms with van der Waals surface area (Å²) in [7, 11) is 3.27. The molecular weight excluding hydrogens is 887 g/mol. The number of anilines is 3. The zero-order valence-electron chi connectivity index (χ0n) is 37.9. The van der Waals surface area contributed by atoms with Gasteiger partial charge in [0.25, 0.3) is 11.8 Å². The molecule has 3 atom stereocenters. The summed E-state index contributed by atoms with van der Waals surface area (Å²) in [5.74, 6) is 1.11. The number of thioether (sulfide) groups is 1. The number of nitrogens with zero attached hydrogens (tertiary/aromatic N) is 6. The van der Waals surface area contributed by atoms with Gasteiger partial charge in [-0.25, -0.2) is 9.37 Å². The number of carbonyl (C=O) groups excluding carboxylic acids is 4. The van der Waals surface area contributed by atoms with Crippen LogP contribution in [0.5, 0.6) is 5.75 Å². The number of rotatable bonds is 17. The van der Waals surface area contributed by atoms with Crippen LogP contribution in [0.15, 0.2) is 48.7 Å². The number of aliphatic hydroxyl groups is 1. The first-order valence-electron chi connectivity index (χ1n) is 22.7. The van der Waals surface area contributed by atoms with Crippen molar-refractivity contribution in [2.75, 3.05) is 69.8 Å². The van der Waals surface area contributed by atoms with Crippen molar-refractivity contribution < 1.29 is 33.4 Å². The van der Waals surface area contributed by atoms with Crippen LogP contribution < -0.4 is 26.0 Å². The molecule has 2 aromatic carbocycles. The fraction of sp³-hybridized carbons (Fsp3) is 0.553. The summed E-state index contributed by atoms with van der Waals surface area (Å²) in [4.78, 5) is 68.9. The fourth-order valence-electron chi connectivity index (χ4n) is 8.93. The third-order valence-corrected chi connectivity index (χ3v) is 15.1. The molecule has 5 N–H and O–H groups in total. The second-order valence-electron chi connectivity index (χ2n) is 18.4. The van der Waals surface area contributed by atoms with Crippen LogP contribution in [0.4, 0.5) is 21.8 Å². The molecule has 3 heterocycles. The van der Waals surface area contributed by atoms with Crippen LogP contribution in [-0.2, 0) is 20.9 Å². The number of aromatic nitrogens is 2. The van der Waals surface area contributed by atoms with Crippen molar-refractivity contribution in [3.05, 3.63) is 70.4 Å². The quantitative estimate of drug-likeness (QED) is 0.119. The van der Waals surface area contributed by atoms with Crippen molar-refractivity contribution in [2.24, 2.45) is 11.8 Å². The minimum atomic E-state index is -2.01. The van der Waals surface area contributed by atoms with Gasteiger partial charge in [0, 0.05) is 69.6 Å². The Kier molecular flexibility index (Phi) is 15.6. The van der Waals surface area contributed by atoms with Crippen LogP contribution in [0, 0.1) is 23.2 Å². The zero-order valence-corrected chi connectivity index (χ0v) is 39.5. The number of carbonyl (C=O) groups is 4. The molecule has 3 aromatic rings. The van der Waals surface area contributed by atoms with Gasteiger partial charge in [0.1, 0.15) is 28.7 Å². The van der Waals surface area contributed by atoms with Crippen molar-refractivity contribution in [1.29, 1.82) is 5.26 Å². The smallest absolute Gasteiger partial charge is 0.258 e. The lowest BCUT2D eigenvalue weighted by atomic mass is 9.82. The number of hydrogen-bond acceptors (Lipinski definition) is 13. The standard InChI is InChI=1S/C47H60ClFN10O6S/c1-46(2,39(55-44(64)47(49)15-16-47)43(63)59-27-34(60)22-37(59)41(61)52-24-30-7-5-29(23-50)6-8-30)66-28-32-11-9-31(10-12-32)26-57-17-19-58(20-18-57)42(62)33-13-14-36(38(21-33)65-4)54-45-53-25-35(48)40(51-3)56-45/h5-8,13-14,21,25,31-32,34,37,39,60H,9-12,15-20,22,24,26-28H2,1-4H3,(H,52,61)(H,55,64)(H2,51,53,54,56)/t31?,32?,34-,37+,39?/m1/s1. The van der Waals surface area contributed by atoms with E-state index in [9.17, 15) is 24.3 Å². The Morgan fingerprint density at radius 1 is 1.06 bits per heavy atom. The number of hydrogen-bond donors (Lipinski definition) is 5. The van der Waals surface area contributed by atoms with Gasteiger partial charge in [-0.1, -0.05) is 23.7 Å². The van der Waals surface area contributed by atoms with E-state index >= 15 is 4.39 Å². The van der Waals surface area contributed by atoms with E-state index in [2.05, 4.69) is 42.2 Å². The molecular formula is C47H60ClFN10O6S. The van der Waals surface area contributed by atoms with Crippen LogP contribution >= 0.6 is 23.4 Å². The largest absolute Gasteiger partial charge is 0.495 e. The first-order valence-corrected chi connectivity index (χ1v) is 24.0. The van der Waals surface area contributed by atoms with E-state index in [-0.39, 0.29) is 38.3 Å². The van der Waals surface area contributed by atoms with Crippen molar-refractivity contribution in [2.45, 2.75) is 93.9 Å². The maximum atomic E-state index is 15.1. The van der Waals surface area contributed by atoms with Gasteiger partial charge in [-0.3, -0.25) is 24.1 Å². The predicted octanol–water partition coefficient (Wildman–Crippen LogP) is 5.14. The minimum Gasteiger partial charge on any atom is -0.495 e. The second-order valence-corrected chi connectivity index (χ2v) is 20.4. The molecule has 16 nitrogen and oxygen atoms in total. The SMILES string of the molecule is CNc1nc(Nc2ccc(C(=O)N3CCN(CC4CCC(CSC(C)(C)C(NC(=O)C5(F)CC5)C(=O)N5C[C@H](O)C[C@H]5C(=O)NCc5ccc(C#N)cc5)CC4)CC3)cc2OC)ncc1Cl. The van der Waals surface area contributed by atoms with E-state index in [1.165, 1.54) is 11.1 Å². The Labute approximate surface area is 394 Å². The topological polar surface area (TPSA) is 205 Å². The second kappa shape index (κ2) is 21.2. The number of nitriles is 1. The lowest BCUT2D eigenvalue weighted by molar-refractivity contribution is -0.143. The van der Waals surface area contributed by atoms with Crippen LogP contribution in [0.25, 0.3) is 0 Å². The summed E-state index contributed by atoms with van der Waals surface area (Å²) in [5.41, 5.74) is 0.402. The van der Waals surface area contributed by atoms with Gasteiger partial charge in [0.15, 0.2) is 5.67 Å². The van der Waals surface area contributed by atoms with E-state index in [4.69, 9.17) is 21.6 Å². The third-order valence-electron chi connectivity index (χ3n) is 13.2. The Hall–Kier alpha value is -5.22. The number of methoxy groups -OCH3 is 1. The zero-order chi connectivity index (χ0) is 47.2. The molecule has 2 saturated carbocycles. The number of benzene rings is 2. The van der Waals surface area contributed by atoms with Crippen molar-refractivity contribution >= 4 is 64.4 Å². The molecule has 2 saturated heterocycles. The highest BCUT2D eigenvalue weighted by molar-refractivity contribution is 8.00. The molecule has 0 bridgehead atoms. The van der Waals surface area contributed by atoms with Crippen molar-refractivity contribution in [1.82, 2.24) is 35.3 Å². The van der Waals surface area contributed by atoms with Crippen molar-refractivity contribution in [3.63, 3.8) is 0 Å². The van der Waals surface area contributed by atoms with Gasteiger partial charge in [0.05, 0.1) is 36.7 Å². The number of piperazine rings is 1. The van der Waals surface area contributed by atoms with Gasteiger partial charge in [-0.15, -0.1) is 0 Å². The number of nitrogens with one attached hydrogen (secondary N) is 4. The van der Waals surface area contributed by atoms with Gasteiger partial charge < -0.3 is 40.9 Å². The van der Waals surface area contributed by atoms with E-state index < -0.39 is 46.3 Å². The summed E-state index contributed by atoms with van der Waals surface area (Å²) in [6.07, 6.45) is 4.92. The van der Waals surface area contributed by atoms with E-state index in [1.54, 1.807) is 68.4 Å². The van der Waals surface area contributed by atoms with E-state index in [0.717, 1.165) is 56.6 Å². The monoisotopic (exact) mass is 946 g/mol. The summed E-state index contributed by atoms with van der Waals surface area (Å²) < 4.78 is 19.8. The number of amides is 4. The van der Waals surface area contributed by atoms with Gasteiger partial charge in [-0.2, -0.15) is 22.0 Å². The Balaban J connectivity index is 0.883. The molecule has 7 rings (SSSR count). The maximum absolute atomic E-state index is 15.1. The number of likely N-dealkylation sites (tertiary alicyclic amines) is 1. The molecule has 354 valence electrons. The molecule has 0 spiro atoms. The summed E-state index contributed by atoms with van der Waals surface area (Å²) >= 11 is 7.70. The van der Waals surface area contributed by atoms with E-state index in [1.807, 2.05) is 18.7 Å². The van der Waals surface area contributed by atoms with Gasteiger partial charge >= 0.3 is 0 Å². The normalized spacial score (nSPS) is 22.2. The lowest BCUT2D eigenvalue weighted by Crippen LogP contribution is -2.61. The molecule has 4 amide bonds. The highest BCUT2D eigenvalue weighted by Crippen LogP contribution is 2.42. The number of β-amino-alcohol motifs (C(OH)–C–C–N with tert-alkyl or cyclic N) is 1. The van der Waals surface area contributed by atoms with Crippen LogP contribution in [0.3, 0.4) is 0 Å². The summed E-state index contributed by atoms with van der Waals surface area (Å²) in [5, 5.41) is 31.8. The summed E-state index contributed by atoms with van der Waals surface area (Å²) in [6, 6.07) is 12.0. The molecule has 4 aliphatic rings. The molecule has 66 heavy (non-hydrogen) atoms. The minimum absolute atomic E-state index is 0.0354. The molecule has 1 aromatic heterocycles.